The largest absolute Gasteiger partial charge is 0.497 e. The van der Waals surface area contributed by atoms with E-state index in [1.807, 2.05) is 0 Å². The molecule has 1 unspecified atom stereocenters. The molecule has 1 atom stereocenters. The molecule has 2 aromatic heterocycles. The van der Waals surface area contributed by atoms with Gasteiger partial charge in [0.2, 0.25) is 0 Å². The van der Waals surface area contributed by atoms with E-state index < -0.39 is 17.7 Å². The average molecular weight is 464 g/mol. The number of hydrogen-bond acceptors (Lipinski definition) is 7. The number of hydrogen-bond donors (Lipinski definition) is 1. The lowest BCUT2D eigenvalue weighted by atomic mass is 10.0. The Kier molecular flexibility index (Phi) is 6.14. The van der Waals surface area contributed by atoms with Crippen LogP contribution in [0, 0.1) is 6.92 Å². The van der Waals surface area contributed by atoms with Gasteiger partial charge in [0.1, 0.15) is 23.9 Å². The van der Waals surface area contributed by atoms with E-state index in [9.17, 15) is 14.4 Å². The predicted octanol–water partition coefficient (Wildman–Crippen LogP) is 3.67. The molecule has 0 aliphatic rings. The van der Waals surface area contributed by atoms with Crippen LogP contribution in [0.2, 0.25) is 5.02 Å². The summed E-state index contributed by atoms with van der Waals surface area (Å²) in [5.74, 6) is -0.592. The Morgan fingerprint density at radius 1 is 1.12 bits per heavy atom. The third-order valence-electron chi connectivity index (χ3n) is 5.08. The summed E-state index contributed by atoms with van der Waals surface area (Å²) in [6.45, 7) is 1.76. The van der Waals surface area contributed by atoms with Crippen LogP contribution >= 0.6 is 11.6 Å². The van der Waals surface area contributed by atoms with Crippen LogP contribution in [0.4, 0.5) is 5.69 Å². The van der Waals surface area contributed by atoms with Crippen LogP contribution in [-0.2, 0) is 4.79 Å². The van der Waals surface area contributed by atoms with Crippen molar-refractivity contribution < 1.29 is 19.1 Å². The molecule has 0 aliphatic heterocycles. The predicted molar refractivity (Wildman–Crippen MR) is 122 cm³/mol. The topological polar surface area (TPSA) is 116 Å². The van der Waals surface area contributed by atoms with Gasteiger partial charge in [-0.2, -0.15) is 0 Å². The smallest absolute Gasteiger partial charge is 0.255 e. The van der Waals surface area contributed by atoms with Gasteiger partial charge in [-0.3, -0.25) is 19.0 Å². The van der Waals surface area contributed by atoms with Gasteiger partial charge < -0.3 is 10.1 Å². The Bertz CT molecular complexity index is 1370. The molecule has 166 valence electrons. The molecule has 33 heavy (non-hydrogen) atoms. The Hall–Kier alpha value is -4.11. The number of aromatic nitrogens is 4. The van der Waals surface area contributed by atoms with E-state index in [1.165, 1.54) is 42.5 Å². The number of carbonyl (C=O) groups is 3. The molecular formula is C23H18ClN5O4. The highest BCUT2D eigenvalue weighted by atomic mass is 35.5. The number of nitrogens with zero attached hydrogens (tertiary/aromatic N) is 4. The fourth-order valence-electron chi connectivity index (χ4n) is 3.36. The second-order valence-corrected chi connectivity index (χ2v) is 7.53. The van der Waals surface area contributed by atoms with Crippen molar-refractivity contribution in [3.8, 4) is 5.75 Å². The molecule has 0 aliphatic carbocycles. The molecule has 0 bridgehead atoms. The van der Waals surface area contributed by atoms with Gasteiger partial charge in [-0.05, 0) is 43.3 Å². The minimum atomic E-state index is -1.35. The lowest BCUT2D eigenvalue weighted by Gasteiger charge is -2.18. The number of nitrogens with one attached hydrogen (secondary N) is 1. The molecule has 1 amide bonds. The summed E-state index contributed by atoms with van der Waals surface area (Å²) in [4.78, 5) is 50.7. The van der Waals surface area contributed by atoms with E-state index in [-0.39, 0.29) is 16.3 Å². The van der Waals surface area contributed by atoms with Gasteiger partial charge in [-0.25, -0.2) is 15.0 Å². The van der Waals surface area contributed by atoms with Gasteiger partial charge in [0.25, 0.3) is 5.91 Å². The number of imidazole rings is 1. The first kappa shape index (κ1) is 22.1. The van der Waals surface area contributed by atoms with Gasteiger partial charge in [-0.15, -0.1) is 0 Å². The maximum atomic E-state index is 13.5. The highest BCUT2D eigenvalue weighted by molar-refractivity contribution is 6.34. The van der Waals surface area contributed by atoms with Crippen LogP contribution < -0.4 is 10.1 Å². The second-order valence-electron chi connectivity index (χ2n) is 7.12. The zero-order chi connectivity index (χ0) is 23.5. The maximum Gasteiger partial charge on any atom is 0.255 e. The van der Waals surface area contributed by atoms with Crippen molar-refractivity contribution in [1.29, 1.82) is 0 Å². The molecule has 2 heterocycles. The SMILES string of the molecule is COc1ccc(C(=O)C(C(=O)Nc2cc(C=O)ccc2Cl)n2cnc3c(C)ncnc32)cc1. The molecule has 0 spiro atoms. The number of fused-ring (bicyclic) bond motifs is 1. The molecule has 0 saturated carbocycles. The minimum absolute atomic E-state index is 0.203. The lowest BCUT2D eigenvalue weighted by molar-refractivity contribution is -0.118. The van der Waals surface area contributed by atoms with Crippen molar-refractivity contribution in [2.75, 3.05) is 12.4 Å². The summed E-state index contributed by atoms with van der Waals surface area (Å²) < 4.78 is 6.54. The number of amides is 1. The molecule has 1 N–H and O–H groups in total. The Labute approximate surface area is 193 Å². The average Bonchev–Trinajstić information content (AvgIpc) is 3.25. The highest BCUT2D eigenvalue weighted by Gasteiger charge is 2.32. The second kappa shape index (κ2) is 9.17. The van der Waals surface area contributed by atoms with E-state index in [4.69, 9.17) is 16.3 Å². The first-order valence-electron chi connectivity index (χ1n) is 9.81. The van der Waals surface area contributed by atoms with E-state index in [0.717, 1.165) is 0 Å². The summed E-state index contributed by atoms with van der Waals surface area (Å²) in [6, 6.07) is 9.49. The summed E-state index contributed by atoms with van der Waals surface area (Å²) in [7, 11) is 1.52. The number of rotatable bonds is 7. The molecule has 10 heteroatoms. The van der Waals surface area contributed by atoms with Gasteiger partial charge >= 0.3 is 0 Å². The fraction of sp³-hybridized carbons (Fsp3) is 0.130. The van der Waals surface area contributed by atoms with Crippen molar-refractivity contribution in [1.82, 2.24) is 19.5 Å². The number of Topliss-reactive ketones (excluding diaryl/α,β-unsaturated/α-hetero) is 1. The number of anilines is 1. The summed E-state index contributed by atoms with van der Waals surface area (Å²) in [5.41, 5.74) is 2.22. The molecule has 2 aromatic carbocycles. The number of carbonyl (C=O) groups excluding carboxylic acids is 3. The van der Waals surface area contributed by atoms with Crippen LogP contribution in [0.3, 0.4) is 0 Å². The van der Waals surface area contributed by atoms with Crippen molar-refractivity contribution in [2.45, 2.75) is 13.0 Å². The van der Waals surface area contributed by atoms with Crippen molar-refractivity contribution in [3.63, 3.8) is 0 Å². The Balaban J connectivity index is 1.79. The van der Waals surface area contributed by atoms with Crippen LogP contribution in [0.1, 0.15) is 32.5 Å². The maximum absolute atomic E-state index is 13.5. The van der Waals surface area contributed by atoms with Crippen molar-refractivity contribution in [3.05, 3.63) is 77.0 Å². The zero-order valence-corrected chi connectivity index (χ0v) is 18.4. The summed E-state index contributed by atoms with van der Waals surface area (Å²) in [6.07, 6.45) is 3.35. The summed E-state index contributed by atoms with van der Waals surface area (Å²) in [5, 5.41) is 2.88. The van der Waals surface area contributed by atoms with Gasteiger partial charge in [0.15, 0.2) is 17.5 Å². The molecule has 0 saturated heterocycles. The number of aryl methyl sites for hydroxylation is 1. The molecule has 0 radical (unpaired) electrons. The van der Waals surface area contributed by atoms with Gasteiger partial charge in [0, 0.05) is 11.1 Å². The number of methoxy groups -OCH3 is 1. The van der Waals surface area contributed by atoms with E-state index in [0.29, 0.717) is 34.5 Å². The molecule has 0 fully saturated rings. The minimum Gasteiger partial charge on any atom is -0.497 e. The fourth-order valence-corrected chi connectivity index (χ4v) is 3.52. The van der Waals surface area contributed by atoms with Gasteiger partial charge in [-0.1, -0.05) is 17.7 Å². The third-order valence-corrected chi connectivity index (χ3v) is 5.41. The zero-order valence-electron chi connectivity index (χ0n) is 17.7. The quantitative estimate of drug-likeness (QED) is 0.252. The summed E-state index contributed by atoms with van der Waals surface area (Å²) >= 11 is 6.20. The third kappa shape index (κ3) is 4.31. The number of halogens is 1. The monoisotopic (exact) mass is 463 g/mol. The van der Waals surface area contributed by atoms with Gasteiger partial charge in [0.05, 0.1) is 29.8 Å². The molecule has 4 rings (SSSR count). The number of ether oxygens (including phenoxy) is 1. The van der Waals surface area contributed by atoms with E-state index >= 15 is 0 Å². The Morgan fingerprint density at radius 3 is 2.58 bits per heavy atom. The normalized spacial score (nSPS) is 11.7. The Morgan fingerprint density at radius 2 is 1.88 bits per heavy atom. The van der Waals surface area contributed by atoms with Crippen LogP contribution in [-0.4, -0.2) is 44.6 Å². The standard InChI is InChI=1S/C23H18ClN5O4/c1-13-19-22(26-11-25-13)29(12-27-19)20(21(31)15-4-6-16(33-2)7-5-15)23(32)28-18-9-14(10-30)3-8-17(18)24/h3-12,20H,1-2H3,(H,28,32). The lowest BCUT2D eigenvalue weighted by Crippen LogP contribution is -2.32. The molecule has 4 aromatic rings. The van der Waals surface area contributed by atoms with Crippen molar-refractivity contribution in [2.24, 2.45) is 0 Å². The van der Waals surface area contributed by atoms with E-state index in [1.54, 1.807) is 31.2 Å². The van der Waals surface area contributed by atoms with Crippen molar-refractivity contribution >= 4 is 46.4 Å². The molecule has 9 nitrogen and oxygen atoms in total. The number of aldehydes is 1. The number of benzene rings is 2. The molecular weight excluding hydrogens is 446 g/mol. The first-order chi connectivity index (χ1) is 15.9. The number of ketones is 1. The van der Waals surface area contributed by atoms with E-state index in [2.05, 4.69) is 20.3 Å². The van der Waals surface area contributed by atoms with Crippen LogP contribution in [0.5, 0.6) is 5.75 Å². The van der Waals surface area contributed by atoms with Crippen LogP contribution in [0.25, 0.3) is 11.2 Å². The first-order valence-corrected chi connectivity index (χ1v) is 10.2. The highest BCUT2D eigenvalue weighted by Crippen LogP contribution is 2.27. The van der Waals surface area contributed by atoms with Crippen LogP contribution in [0.15, 0.2) is 55.1 Å².